The van der Waals surface area contributed by atoms with Crippen LogP contribution in [0.15, 0.2) is 54.6 Å². The number of piperidine rings is 1. The number of ether oxygens (including phenoxy) is 1. The first-order valence-corrected chi connectivity index (χ1v) is 7.60. The maximum absolute atomic E-state index is 13.1. The van der Waals surface area contributed by atoms with Gasteiger partial charge >= 0.3 is 6.09 Å². The molecule has 1 aliphatic heterocycles. The molecule has 0 aromatic heterocycles. The van der Waals surface area contributed by atoms with E-state index in [9.17, 15) is 14.3 Å². The van der Waals surface area contributed by atoms with Gasteiger partial charge in [0.2, 0.25) is 0 Å². The van der Waals surface area contributed by atoms with Crippen LogP contribution in [0.1, 0.15) is 24.4 Å². The fraction of sp³-hybridized carbons (Fsp3) is 0.278. The minimum Gasteiger partial charge on any atom is -0.410 e. The van der Waals surface area contributed by atoms with E-state index in [4.69, 9.17) is 4.74 Å². The molecule has 120 valence electrons. The molecule has 0 spiro atoms. The minimum absolute atomic E-state index is 0.324. The summed E-state index contributed by atoms with van der Waals surface area (Å²) >= 11 is 0. The van der Waals surface area contributed by atoms with Crippen molar-refractivity contribution in [1.82, 2.24) is 4.90 Å². The second-order valence-corrected chi connectivity index (χ2v) is 5.62. The first kappa shape index (κ1) is 15.5. The Kier molecular flexibility index (Phi) is 4.57. The Balaban J connectivity index is 1.80. The second kappa shape index (κ2) is 6.79. The van der Waals surface area contributed by atoms with Gasteiger partial charge in [0.05, 0.1) is 12.1 Å². The molecule has 0 radical (unpaired) electrons. The van der Waals surface area contributed by atoms with Crippen LogP contribution in [-0.2, 0) is 0 Å². The maximum atomic E-state index is 13.1. The predicted octanol–water partition coefficient (Wildman–Crippen LogP) is 3.52. The van der Waals surface area contributed by atoms with Gasteiger partial charge in [-0.1, -0.05) is 30.3 Å². The van der Waals surface area contributed by atoms with Crippen molar-refractivity contribution in [2.24, 2.45) is 0 Å². The van der Waals surface area contributed by atoms with E-state index in [1.807, 2.05) is 6.07 Å². The monoisotopic (exact) mass is 315 g/mol. The number of benzene rings is 2. The molecule has 1 saturated heterocycles. The largest absolute Gasteiger partial charge is 0.415 e. The molecule has 0 saturated carbocycles. The molecule has 3 rings (SSSR count). The highest BCUT2D eigenvalue weighted by Gasteiger charge is 2.33. The molecule has 23 heavy (non-hydrogen) atoms. The SMILES string of the molecule is O=C(Oc1ccccc1)N1CC[C@H](O)C[C@@H]1c1ccc(F)cc1. The Morgan fingerprint density at radius 2 is 1.83 bits per heavy atom. The van der Waals surface area contributed by atoms with E-state index >= 15 is 0 Å². The third-order valence-electron chi connectivity index (χ3n) is 4.01. The molecule has 1 heterocycles. The fourth-order valence-electron chi connectivity index (χ4n) is 2.81. The van der Waals surface area contributed by atoms with Crippen molar-refractivity contribution < 1.29 is 19.0 Å². The molecular formula is C18H18FNO3. The van der Waals surface area contributed by atoms with Crippen molar-refractivity contribution in [2.75, 3.05) is 6.54 Å². The molecule has 2 atom stereocenters. The first-order chi connectivity index (χ1) is 11.1. The van der Waals surface area contributed by atoms with Gasteiger partial charge in [-0.25, -0.2) is 9.18 Å². The maximum Gasteiger partial charge on any atom is 0.415 e. The number of likely N-dealkylation sites (tertiary alicyclic amines) is 1. The summed E-state index contributed by atoms with van der Waals surface area (Å²) in [6.45, 7) is 0.398. The molecule has 5 heteroatoms. The van der Waals surface area contributed by atoms with E-state index in [1.165, 1.54) is 12.1 Å². The standard InChI is InChI=1S/C18H18FNO3/c19-14-8-6-13(7-9-14)17-12-15(21)10-11-20(17)18(22)23-16-4-2-1-3-5-16/h1-9,15,17,21H,10-12H2/t15-,17+/m0/s1. The Morgan fingerprint density at radius 3 is 2.52 bits per heavy atom. The number of halogens is 1. The smallest absolute Gasteiger partial charge is 0.410 e. The highest BCUT2D eigenvalue weighted by molar-refractivity contribution is 5.71. The molecule has 0 unspecified atom stereocenters. The Labute approximate surface area is 134 Å². The van der Waals surface area contributed by atoms with Gasteiger partial charge in [0.25, 0.3) is 0 Å². The van der Waals surface area contributed by atoms with E-state index in [2.05, 4.69) is 0 Å². The molecule has 1 amide bonds. The van der Waals surface area contributed by atoms with E-state index in [1.54, 1.807) is 41.3 Å². The van der Waals surface area contributed by atoms with E-state index in [-0.39, 0.29) is 11.9 Å². The van der Waals surface area contributed by atoms with Crippen molar-refractivity contribution in [2.45, 2.75) is 25.0 Å². The van der Waals surface area contributed by atoms with Crippen LogP contribution in [-0.4, -0.2) is 28.7 Å². The summed E-state index contributed by atoms with van der Waals surface area (Å²) in [6.07, 6.45) is -0.0276. The van der Waals surface area contributed by atoms with Crippen LogP contribution in [0.3, 0.4) is 0 Å². The Hall–Kier alpha value is -2.40. The van der Waals surface area contributed by atoms with Gasteiger partial charge in [0.1, 0.15) is 11.6 Å². The summed E-state index contributed by atoms with van der Waals surface area (Å²) in [6, 6.07) is 14.5. The molecular weight excluding hydrogens is 297 g/mol. The number of aliphatic hydroxyl groups is 1. The van der Waals surface area contributed by atoms with Crippen LogP contribution in [0.4, 0.5) is 9.18 Å². The number of para-hydroxylation sites is 1. The molecule has 0 aliphatic carbocycles. The summed E-state index contributed by atoms with van der Waals surface area (Å²) in [7, 11) is 0. The average Bonchev–Trinajstić information content (AvgIpc) is 2.56. The lowest BCUT2D eigenvalue weighted by Crippen LogP contribution is -2.43. The van der Waals surface area contributed by atoms with Crippen molar-refractivity contribution >= 4 is 6.09 Å². The van der Waals surface area contributed by atoms with Gasteiger partial charge in [-0.3, -0.25) is 0 Å². The van der Waals surface area contributed by atoms with Gasteiger partial charge in [-0.05, 0) is 42.7 Å². The molecule has 1 fully saturated rings. The van der Waals surface area contributed by atoms with Gasteiger partial charge in [0, 0.05) is 6.54 Å². The summed E-state index contributed by atoms with van der Waals surface area (Å²) in [5.74, 6) is 0.144. The van der Waals surface area contributed by atoms with Crippen LogP contribution in [0.5, 0.6) is 5.75 Å². The first-order valence-electron chi connectivity index (χ1n) is 7.60. The van der Waals surface area contributed by atoms with Crippen LogP contribution in [0, 0.1) is 5.82 Å². The topological polar surface area (TPSA) is 49.8 Å². The molecule has 1 N–H and O–H groups in total. The quantitative estimate of drug-likeness (QED) is 0.922. The lowest BCUT2D eigenvalue weighted by molar-refractivity contribution is 0.0451. The van der Waals surface area contributed by atoms with E-state index in [0.29, 0.717) is 25.1 Å². The summed E-state index contributed by atoms with van der Waals surface area (Å²) in [5.41, 5.74) is 0.787. The van der Waals surface area contributed by atoms with E-state index < -0.39 is 12.2 Å². The fourth-order valence-corrected chi connectivity index (χ4v) is 2.81. The minimum atomic E-state index is -0.481. The van der Waals surface area contributed by atoms with Crippen molar-refractivity contribution in [3.8, 4) is 5.75 Å². The third kappa shape index (κ3) is 3.68. The summed E-state index contributed by atoms with van der Waals surface area (Å²) in [4.78, 5) is 14.1. The molecule has 4 nitrogen and oxygen atoms in total. The average molecular weight is 315 g/mol. The van der Waals surface area contributed by atoms with Crippen molar-refractivity contribution in [1.29, 1.82) is 0 Å². The number of rotatable bonds is 2. The number of hydrogen-bond acceptors (Lipinski definition) is 3. The van der Waals surface area contributed by atoms with Crippen molar-refractivity contribution in [3.05, 3.63) is 66.0 Å². The lowest BCUT2D eigenvalue weighted by atomic mass is 9.94. The zero-order valence-electron chi connectivity index (χ0n) is 12.6. The van der Waals surface area contributed by atoms with Crippen LogP contribution in [0.25, 0.3) is 0 Å². The second-order valence-electron chi connectivity index (χ2n) is 5.62. The Bertz CT molecular complexity index is 660. The highest BCUT2D eigenvalue weighted by atomic mass is 19.1. The molecule has 2 aromatic rings. The van der Waals surface area contributed by atoms with Gasteiger partial charge < -0.3 is 14.7 Å². The zero-order valence-corrected chi connectivity index (χ0v) is 12.6. The number of carbonyl (C=O) groups excluding carboxylic acids is 1. The Morgan fingerprint density at radius 1 is 1.13 bits per heavy atom. The number of carbonyl (C=O) groups is 1. The van der Waals surface area contributed by atoms with E-state index in [0.717, 1.165) is 5.56 Å². The van der Waals surface area contributed by atoms with Gasteiger partial charge in [-0.2, -0.15) is 0 Å². The highest BCUT2D eigenvalue weighted by Crippen LogP contribution is 2.32. The predicted molar refractivity (Wildman–Crippen MR) is 83.6 cm³/mol. The molecule has 2 aromatic carbocycles. The van der Waals surface area contributed by atoms with Gasteiger partial charge in [0.15, 0.2) is 0 Å². The zero-order chi connectivity index (χ0) is 16.2. The van der Waals surface area contributed by atoms with Crippen LogP contribution >= 0.6 is 0 Å². The van der Waals surface area contributed by atoms with Gasteiger partial charge in [-0.15, -0.1) is 0 Å². The number of nitrogens with zero attached hydrogens (tertiary/aromatic N) is 1. The van der Waals surface area contributed by atoms with Crippen molar-refractivity contribution in [3.63, 3.8) is 0 Å². The number of aliphatic hydroxyl groups excluding tert-OH is 1. The summed E-state index contributed by atoms with van der Waals surface area (Å²) in [5, 5.41) is 9.93. The number of amides is 1. The van der Waals surface area contributed by atoms with Crippen LogP contribution < -0.4 is 4.74 Å². The number of hydrogen-bond donors (Lipinski definition) is 1. The molecule has 1 aliphatic rings. The van der Waals surface area contributed by atoms with Crippen LogP contribution in [0.2, 0.25) is 0 Å². The lowest BCUT2D eigenvalue weighted by Gasteiger charge is -2.37. The summed E-state index contributed by atoms with van der Waals surface area (Å²) < 4.78 is 18.5. The molecule has 0 bridgehead atoms. The third-order valence-corrected chi connectivity index (χ3v) is 4.01. The normalized spacial score (nSPS) is 21.0.